The number of halogens is 3. The van der Waals surface area contributed by atoms with Crippen LogP contribution in [0.2, 0.25) is 0 Å². The predicted octanol–water partition coefficient (Wildman–Crippen LogP) is 3.06. The van der Waals surface area contributed by atoms with E-state index in [2.05, 4.69) is 4.98 Å². The van der Waals surface area contributed by atoms with E-state index in [1.54, 1.807) is 4.57 Å². The lowest BCUT2D eigenvalue weighted by atomic mass is 10.1. The number of hydrogen-bond acceptors (Lipinski definition) is 3. The van der Waals surface area contributed by atoms with Crippen molar-refractivity contribution in [3.8, 4) is 0 Å². The monoisotopic (exact) mass is 287 g/mol. The second-order valence-corrected chi connectivity index (χ2v) is 4.42. The highest BCUT2D eigenvalue weighted by molar-refractivity contribution is 5.88. The van der Waals surface area contributed by atoms with E-state index in [0.717, 1.165) is 18.6 Å². The van der Waals surface area contributed by atoms with Gasteiger partial charge in [-0.1, -0.05) is 0 Å². The average Bonchev–Trinajstić information content (AvgIpc) is 2.77. The second-order valence-electron chi connectivity index (χ2n) is 4.42. The van der Waals surface area contributed by atoms with Crippen LogP contribution in [0.3, 0.4) is 0 Å². The number of hydrogen-bond donors (Lipinski definition) is 1. The van der Waals surface area contributed by atoms with Crippen molar-refractivity contribution in [3.63, 3.8) is 0 Å². The molecule has 0 spiro atoms. The number of nitrogens with two attached hydrogens (primary N) is 1. The summed E-state index contributed by atoms with van der Waals surface area (Å²) in [6.45, 7) is 3.74. The Morgan fingerprint density at radius 1 is 1.35 bits per heavy atom. The van der Waals surface area contributed by atoms with Gasteiger partial charge >= 0.3 is 6.18 Å². The van der Waals surface area contributed by atoms with E-state index in [0.29, 0.717) is 25.3 Å². The first-order valence-corrected chi connectivity index (χ1v) is 6.32. The number of rotatable bonds is 5. The number of nitrogens with zero attached hydrogens (tertiary/aromatic N) is 2. The van der Waals surface area contributed by atoms with Crippen LogP contribution in [-0.2, 0) is 17.5 Å². The van der Waals surface area contributed by atoms with E-state index in [1.807, 2.05) is 6.92 Å². The average molecular weight is 287 g/mol. The van der Waals surface area contributed by atoms with Gasteiger partial charge in [-0.2, -0.15) is 13.2 Å². The van der Waals surface area contributed by atoms with Crippen molar-refractivity contribution in [2.24, 2.45) is 0 Å². The van der Waals surface area contributed by atoms with Crippen LogP contribution in [0, 0.1) is 0 Å². The summed E-state index contributed by atoms with van der Waals surface area (Å²) in [7, 11) is 0. The number of alkyl halides is 3. The van der Waals surface area contributed by atoms with E-state index in [-0.39, 0.29) is 11.2 Å². The standard InChI is InChI=1S/C13H16F3N3O/c1-2-20-5-3-4-19-8-18-11-7-9(13(14,15)16)6-10(17)12(11)19/h6-8H,2-5,17H2,1H3. The molecule has 0 radical (unpaired) electrons. The predicted molar refractivity (Wildman–Crippen MR) is 70.3 cm³/mol. The van der Waals surface area contributed by atoms with Gasteiger partial charge in [0.2, 0.25) is 0 Å². The van der Waals surface area contributed by atoms with E-state index < -0.39 is 11.7 Å². The van der Waals surface area contributed by atoms with Crippen LogP contribution < -0.4 is 5.73 Å². The minimum Gasteiger partial charge on any atom is -0.397 e. The van der Waals surface area contributed by atoms with Crippen molar-refractivity contribution in [1.82, 2.24) is 9.55 Å². The van der Waals surface area contributed by atoms with Crippen LogP contribution in [0.15, 0.2) is 18.5 Å². The summed E-state index contributed by atoms with van der Waals surface area (Å²) in [5.74, 6) is 0. The minimum absolute atomic E-state index is 0.0868. The first-order chi connectivity index (χ1) is 9.43. The van der Waals surface area contributed by atoms with Crippen molar-refractivity contribution < 1.29 is 17.9 Å². The summed E-state index contributed by atoms with van der Waals surface area (Å²) in [5, 5.41) is 0. The van der Waals surface area contributed by atoms with Gasteiger partial charge in [0.05, 0.1) is 28.6 Å². The molecule has 0 fully saturated rings. The topological polar surface area (TPSA) is 53.1 Å². The lowest BCUT2D eigenvalue weighted by molar-refractivity contribution is -0.137. The highest BCUT2D eigenvalue weighted by atomic mass is 19.4. The molecule has 0 aliphatic rings. The van der Waals surface area contributed by atoms with Gasteiger partial charge in [0.1, 0.15) is 0 Å². The number of ether oxygens (including phenoxy) is 1. The summed E-state index contributed by atoms with van der Waals surface area (Å²) < 4.78 is 45.0. The molecule has 0 unspecified atom stereocenters. The van der Waals surface area contributed by atoms with Crippen LogP contribution in [0.4, 0.5) is 18.9 Å². The van der Waals surface area contributed by atoms with Gasteiger partial charge in [-0.3, -0.25) is 0 Å². The Morgan fingerprint density at radius 3 is 2.75 bits per heavy atom. The number of nitrogen functional groups attached to an aromatic ring is 1. The molecule has 0 bridgehead atoms. The Balaban J connectivity index is 2.27. The number of aryl methyl sites for hydroxylation is 1. The van der Waals surface area contributed by atoms with Crippen molar-refractivity contribution in [2.75, 3.05) is 18.9 Å². The van der Waals surface area contributed by atoms with Gasteiger partial charge in [0.25, 0.3) is 0 Å². The highest BCUT2D eigenvalue weighted by Crippen LogP contribution is 2.33. The lowest BCUT2D eigenvalue weighted by Crippen LogP contribution is -2.07. The molecule has 0 saturated carbocycles. The van der Waals surface area contributed by atoms with Crippen molar-refractivity contribution in [3.05, 3.63) is 24.0 Å². The molecule has 2 rings (SSSR count). The minimum atomic E-state index is -4.42. The van der Waals surface area contributed by atoms with Crippen LogP contribution in [0.1, 0.15) is 18.9 Å². The molecule has 1 aromatic carbocycles. The summed E-state index contributed by atoms with van der Waals surface area (Å²) in [4.78, 5) is 3.99. The molecule has 7 heteroatoms. The van der Waals surface area contributed by atoms with Crippen molar-refractivity contribution in [1.29, 1.82) is 0 Å². The molecule has 4 nitrogen and oxygen atoms in total. The zero-order chi connectivity index (χ0) is 14.8. The van der Waals surface area contributed by atoms with Gasteiger partial charge in [0, 0.05) is 19.8 Å². The van der Waals surface area contributed by atoms with Crippen molar-refractivity contribution >= 4 is 16.7 Å². The Kier molecular flexibility index (Phi) is 4.17. The van der Waals surface area contributed by atoms with E-state index in [4.69, 9.17) is 10.5 Å². The zero-order valence-corrected chi connectivity index (χ0v) is 11.1. The first-order valence-electron chi connectivity index (χ1n) is 6.32. The summed E-state index contributed by atoms with van der Waals surface area (Å²) >= 11 is 0. The largest absolute Gasteiger partial charge is 0.416 e. The van der Waals surface area contributed by atoms with E-state index >= 15 is 0 Å². The molecule has 0 aliphatic heterocycles. The third-order valence-corrected chi connectivity index (χ3v) is 2.96. The van der Waals surface area contributed by atoms with Crippen LogP contribution in [0.25, 0.3) is 11.0 Å². The van der Waals surface area contributed by atoms with Gasteiger partial charge in [0.15, 0.2) is 0 Å². The van der Waals surface area contributed by atoms with Gasteiger partial charge in [-0.15, -0.1) is 0 Å². The second kappa shape index (κ2) is 5.70. The first kappa shape index (κ1) is 14.6. The summed E-state index contributed by atoms with van der Waals surface area (Å²) in [6.07, 6.45) is -2.16. The number of aromatic nitrogens is 2. The van der Waals surface area contributed by atoms with Gasteiger partial charge in [-0.25, -0.2) is 4.98 Å². The number of fused-ring (bicyclic) bond motifs is 1. The van der Waals surface area contributed by atoms with Crippen LogP contribution in [-0.4, -0.2) is 22.8 Å². The fourth-order valence-corrected chi connectivity index (χ4v) is 2.06. The number of imidazole rings is 1. The highest BCUT2D eigenvalue weighted by Gasteiger charge is 2.31. The molecule has 0 aliphatic carbocycles. The number of anilines is 1. The van der Waals surface area contributed by atoms with Gasteiger partial charge in [-0.05, 0) is 25.5 Å². The fraction of sp³-hybridized carbons (Fsp3) is 0.462. The maximum absolute atomic E-state index is 12.7. The Bertz CT molecular complexity index is 592. The van der Waals surface area contributed by atoms with E-state index in [1.165, 1.54) is 6.33 Å². The third kappa shape index (κ3) is 3.04. The molecule has 2 aromatic rings. The number of benzene rings is 1. The Morgan fingerprint density at radius 2 is 2.10 bits per heavy atom. The summed E-state index contributed by atoms with van der Waals surface area (Å²) in [6, 6.07) is 1.97. The van der Waals surface area contributed by atoms with E-state index in [9.17, 15) is 13.2 Å². The molecule has 20 heavy (non-hydrogen) atoms. The van der Waals surface area contributed by atoms with Crippen molar-refractivity contribution in [2.45, 2.75) is 26.1 Å². The quantitative estimate of drug-likeness (QED) is 0.679. The molecule has 0 saturated heterocycles. The molecule has 0 atom stereocenters. The Hall–Kier alpha value is -1.76. The van der Waals surface area contributed by atoms with Crippen LogP contribution >= 0.6 is 0 Å². The molecule has 1 heterocycles. The summed E-state index contributed by atoms with van der Waals surface area (Å²) in [5.41, 5.74) is 5.84. The maximum atomic E-state index is 12.7. The molecule has 0 amide bonds. The molecule has 2 N–H and O–H groups in total. The zero-order valence-electron chi connectivity index (χ0n) is 11.1. The molecule has 110 valence electrons. The smallest absolute Gasteiger partial charge is 0.397 e. The lowest BCUT2D eigenvalue weighted by Gasteiger charge is -2.10. The third-order valence-electron chi connectivity index (χ3n) is 2.96. The normalized spacial score (nSPS) is 12.2. The molecular formula is C13H16F3N3O. The maximum Gasteiger partial charge on any atom is 0.416 e. The molecular weight excluding hydrogens is 271 g/mol. The molecule has 1 aromatic heterocycles. The van der Waals surface area contributed by atoms with Gasteiger partial charge < -0.3 is 15.0 Å². The SMILES string of the molecule is CCOCCCn1cnc2cc(C(F)(F)F)cc(N)c21. The fourth-order valence-electron chi connectivity index (χ4n) is 2.06. The van der Waals surface area contributed by atoms with Crippen LogP contribution in [0.5, 0.6) is 0 Å². The Labute approximate surface area is 114 Å².